The SMILES string of the molecule is CCOC(=O)N1CCN(C(=O)c2csc(Nc3ccc(S(C)(=O)=O)cc3)n2)CC1. The molecular formula is C18H22N4O5S2. The molecule has 1 aromatic carbocycles. The number of sulfone groups is 1. The molecule has 1 aromatic heterocycles. The van der Waals surface area contributed by atoms with Crippen LogP contribution < -0.4 is 5.32 Å². The van der Waals surface area contributed by atoms with Crippen LogP contribution in [0.1, 0.15) is 17.4 Å². The number of nitrogens with one attached hydrogen (secondary N) is 1. The average Bonchev–Trinajstić information content (AvgIpc) is 3.16. The minimum atomic E-state index is -3.25. The highest BCUT2D eigenvalue weighted by Gasteiger charge is 2.26. The van der Waals surface area contributed by atoms with Gasteiger partial charge in [0.1, 0.15) is 5.69 Å². The lowest BCUT2D eigenvalue weighted by atomic mass is 10.3. The van der Waals surface area contributed by atoms with Crippen LogP contribution in [0, 0.1) is 0 Å². The molecule has 9 nitrogen and oxygen atoms in total. The van der Waals surface area contributed by atoms with Crippen LogP contribution in [-0.2, 0) is 14.6 Å². The van der Waals surface area contributed by atoms with Crippen LogP contribution in [0.3, 0.4) is 0 Å². The van der Waals surface area contributed by atoms with Crippen LogP contribution in [0.25, 0.3) is 0 Å². The van der Waals surface area contributed by atoms with Gasteiger partial charge < -0.3 is 19.9 Å². The van der Waals surface area contributed by atoms with Crippen LogP contribution in [-0.4, -0.2) is 74.2 Å². The van der Waals surface area contributed by atoms with E-state index in [0.717, 1.165) is 6.26 Å². The van der Waals surface area contributed by atoms with Gasteiger partial charge in [0.2, 0.25) is 0 Å². The number of thiazole rings is 1. The fourth-order valence-electron chi connectivity index (χ4n) is 2.81. The van der Waals surface area contributed by atoms with Gasteiger partial charge in [-0.05, 0) is 31.2 Å². The number of benzene rings is 1. The molecule has 11 heteroatoms. The van der Waals surface area contributed by atoms with E-state index in [4.69, 9.17) is 4.74 Å². The summed E-state index contributed by atoms with van der Waals surface area (Å²) in [5.74, 6) is -0.190. The first-order valence-corrected chi connectivity index (χ1v) is 11.8. The maximum atomic E-state index is 12.7. The van der Waals surface area contributed by atoms with Gasteiger partial charge in [0, 0.05) is 43.5 Å². The first-order valence-electron chi connectivity index (χ1n) is 9.01. The first kappa shape index (κ1) is 21.1. The van der Waals surface area contributed by atoms with Gasteiger partial charge in [-0.25, -0.2) is 18.2 Å². The van der Waals surface area contributed by atoms with E-state index < -0.39 is 9.84 Å². The van der Waals surface area contributed by atoms with E-state index in [9.17, 15) is 18.0 Å². The zero-order valence-electron chi connectivity index (χ0n) is 16.1. The molecule has 1 fully saturated rings. The number of nitrogens with zero attached hydrogens (tertiary/aromatic N) is 3. The highest BCUT2D eigenvalue weighted by atomic mass is 32.2. The predicted molar refractivity (Wildman–Crippen MR) is 109 cm³/mol. The summed E-state index contributed by atoms with van der Waals surface area (Å²) < 4.78 is 28.0. The average molecular weight is 439 g/mol. The Hall–Kier alpha value is -2.66. The number of amides is 2. The standard InChI is InChI=1S/C18H22N4O5S2/c1-3-27-18(24)22-10-8-21(9-11-22)16(23)15-12-28-17(20-15)19-13-4-6-14(7-5-13)29(2,25)26/h4-7,12H,3,8-11H2,1-2H3,(H,19,20). The number of rotatable bonds is 5. The van der Waals surface area contributed by atoms with Crippen molar-refractivity contribution in [3.63, 3.8) is 0 Å². The zero-order valence-corrected chi connectivity index (χ0v) is 17.8. The molecule has 1 aliphatic rings. The Morgan fingerprint density at radius 3 is 2.34 bits per heavy atom. The largest absolute Gasteiger partial charge is 0.450 e. The molecule has 0 spiro atoms. The van der Waals surface area contributed by atoms with Crippen molar-refractivity contribution in [2.75, 3.05) is 44.4 Å². The summed E-state index contributed by atoms with van der Waals surface area (Å²) in [5.41, 5.74) is 1.00. The van der Waals surface area contributed by atoms with Crippen molar-refractivity contribution in [3.05, 3.63) is 35.3 Å². The van der Waals surface area contributed by atoms with Gasteiger partial charge in [-0.2, -0.15) is 0 Å². The third-order valence-corrected chi connectivity index (χ3v) is 6.24. The molecule has 2 aromatic rings. The molecule has 0 saturated carbocycles. The highest BCUT2D eigenvalue weighted by molar-refractivity contribution is 7.90. The number of anilines is 2. The normalized spacial score (nSPS) is 14.6. The molecule has 1 aliphatic heterocycles. The monoisotopic (exact) mass is 438 g/mol. The lowest BCUT2D eigenvalue weighted by Gasteiger charge is -2.33. The first-order chi connectivity index (χ1) is 13.8. The minimum absolute atomic E-state index is 0.190. The van der Waals surface area contributed by atoms with Crippen molar-refractivity contribution in [1.29, 1.82) is 0 Å². The van der Waals surface area contributed by atoms with Gasteiger partial charge in [-0.3, -0.25) is 4.79 Å². The lowest BCUT2D eigenvalue weighted by molar-refractivity contribution is 0.0566. The minimum Gasteiger partial charge on any atom is -0.450 e. The van der Waals surface area contributed by atoms with Gasteiger partial charge in [-0.1, -0.05) is 0 Å². The molecule has 3 rings (SSSR count). The van der Waals surface area contributed by atoms with Crippen LogP contribution in [0.4, 0.5) is 15.6 Å². The Kier molecular flexibility index (Phi) is 6.38. The van der Waals surface area contributed by atoms with Crippen molar-refractivity contribution in [2.45, 2.75) is 11.8 Å². The Morgan fingerprint density at radius 2 is 1.76 bits per heavy atom. The Labute approximate surface area is 173 Å². The van der Waals surface area contributed by atoms with Crippen LogP contribution >= 0.6 is 11.3 Å². The van der Waals surface area contributed by atoms with Gasteiger partial charge in [0.05, 0.1) is 11.5 Å². The Bertz CT molecular complexity index is 980. The molecule has 2 amide bonds. The van der Waals surface area contributed by atoms with Crippen molar-refractivity contribution < 1.29 is 22.7 Å². The number of ether oxygens (including phenoxy) is 1. The summed E-state index contributed by atoms with van der Waals surface area (Å²) in [7, 11) is -3.25. The Morgan fingerprint density at radius 1 is 1.14 bits per heavy atom. The number of piperazine rings is 1. The smallest absolute Gasteiger partial charge is 0.409 e. The van der Waals surface area contributed by atoms with Gasteiger partial charge in [0.15, 0.2) is 15.0 Å². The summed E-state index contributed by atoms with van der Waals surface area (Å²) in [6.45, 7) is 3.77. The second-order valence-corrected chi connectivity index (χ2v) is 9.31. The van der Waals surface area contributed by atoms with E-state index in [-0.39, 0.29) is 16.9 Å². The highest BCUT2D eigenvalue weighted by Crippen LogP contribution is 2.23. The third-order valence-electron chi connectivity index (χ3n) is 4.35. The van der Waals surface area contributed by atoms with Crippen molar-refractivity contribution in [2.24, 2.45) is 0 Å². The molecule has 156 valence electrons. The zero-order chi connectivity index (χ0) is 21.0. The summed E-state index contributed by atoms with van der Waals surface area (Å²) in [4.78, 5) is 32.2. The molecule has 2 heterocycles. The molecule has 1 N–H and O–H groups in total. The molecule has 0 unspecified atom stereocenters. The summed E-state index contributed by atoms with van der Waals surface area (Å²) in [6, 6.07) is 6.32. The molecule has 0 atom stereocenters. The predicted octanol–water partition coefficient (Wildman–Crippen LogP) is 2.20. The third kappa shape index (κ3) is 5.24. The topological polar surface area (TPSA) is 109 Å². The van der Waals surface area contributed by atoms with E-state index in [2.05, 4.69) is 10.3 Å². The second kappa shape index (κ2) is 8.78. The Balaban J connectivity index is 1.58. The van der Waals surface area contributed by atoms with E-state index >= 15 is 0 Å². The molecule has 0 bridgehead atoms. The van der Waals surface area contributed by atoms with Crippen molar-refractivity contribution in [3.8, 4) is 0 Å². The van der Waals surface area contributed by atoms with Gasteiger partial charge >= 0.3 is 6.09 Å². The summed E-state index contributed by atoms with van der Waals surface area (Å²) >= 11 is 1.29. The second-order valence-electron chi connectivity index (χ2n) is 6.44. The molecule has 1 saturated heterocycles. The lowest BCUT2D eigenvalue weighted by Crippen LogP contribution is -2.50. The number of hydrogen-bond donors (Lipinski definition) is 1. The fraction of sp³-hybridized carbons (Fsp3) is 0.389. The van der Waals surface area contributed by atoms with Crippen LogP contribution in [0.2, 0.25) is 0 Å². The maximum Gasteiger partial charge on any atom is 0.409 e. The van der Waals surface area contributed by atoms with Crippen LogP contribution in [0.5, 0.6) is 0 Å². The van der Waals surface area contributed by atoms with Gasteiger partial charge in [-0.15, -0.1) is 11.3 Å². The fourth-order valence-corrected chi connectivity index (χ4v) is 4.14. The van der Waals surface area contributed by atoms with Crippen LogP contribution in [0.15, 0.2) is 34.5 Å². The summed E-state index contributed by atoms with van der Waals surface area (Å²) in [5, 5.41) is 5.28. The van der Waals surface area contributed by atoms with Crippen molar-refractivity contribution in [1.82, 2.24) is 14.8 Å². The molecule has 0 aliphatic carbocycles. The van der Waals surface area contributed by atoms with E-state index in [0.29, 0.717) is 49.3 Å². The molecule has 0 radical (unpaired) electrons. The van der Waals surface area contributed by atoms with E-state index in [1.165, 1.54) is 23.5 Å². The number of carbonyl (C=O) groups is 2. The molecule has 29 heavy (non-hydrogen) atoms. The van der Waals surface area contributed by atoms with E-state index in [1.807, 2.05) is 0 Å². The molecular weight excluding hydrogens is 416 g/mol. The van der Waals surface area contributed by atoms with Crippen molar-refractivity contribution >= 4 is 44.0 Å². The number of hydrogen-bond acceptors (Lipinski definition) is 8. The quantitative estimate of drug-likeness (QED) is 0.762. The van der Waals surface area contributed by atoms with E-state index in [1.54, 1.807) is 34.2 Å². The number of aromatic nitrogens is 1. The maximum absolute atomic E-state index is 12.7. The van der Waals surface area contributed by atoms with Gasteiger partial charge in [0.25, 0.3) is 5.91 Å². The number of carbonyl (C=O) groups excluding carboxylic acids is 2. The summed E-state index contributed by atoms with van der Waals surface area (Å²) in [6.07, 6.45) is 0.794.